The van der Waals surface area contributed by atoms with Gasteiger partial charge in [0.25, 0.3) is 0 Å². The quantitative estimate of drug-likeness (QED) is 0.326. The molecule has 2 aromatic rings. The number of hydrogen-bond acceptors (Lipinski definition) is 2. The Morgan fingerprint density at radius 2 is 1.65 bits per heavy atom. The Labute approximate surface area is 170 Å². The van der Waals surface area contributed by atoms with Crippen molar-refractivity contribution in [1.29, 1.82) is 0 Å². The molecule has 1 unspecified atom stereocenters. The van der Waals surface area contributed by atoms with E-state index in [1.165, 1.54) is 5.56 Å². The fourth-order valence-electron chi connectivity index (χ4n) is 3.45. The highest BCUT2D eigenvalue weighted by Crippen LogP contribution is 2.26. The van der Waals surface area contributed by atoms with Crippen LogP contribution in [0.15, 0.2) is 42.5 Å². The first kappa shape index (κ1) is 19.8. The van der Waals surface area contributed by atoms with E-state index >= 15 is 0 Å². The van der Waals surface area contributed by atoms with Crippen LogP contribution in [0.1, 0.15) is 37.8 Å². The van der Waals surface area contributed by atoms with Gasteiger partial charge in [0.2, 0.25) is 0 Å². The van der Waals surface area contributed by atoms with Crippen LogP contribution in [0.3, 0.4) is 0 Å². The van der Waals surface area contributed by atoms with Crippen molar-refractivity contribution in [1.82, 2.24) is 9.80 Å². The van der Waals surface area contributed by atoms with Crippen LogP contribution in [0, 0.1) is 5.82 Å². The average Bonchev–Trinajstić information content (AvgIpc) is 2.64. The topological polar surface area (TPSA) is 6.48 Å². The zero-order valence-corrected chi connectivity index (χ0v) is 18.0. The number of piperazine rings is 1. The van der Waals surface area contributed by atoms with Crippen molar-refractivity contribution in [3.05, 3.63) is 59.4 Å². The summed E-state index contributed by atoms with van der Waals surface area (Å²) in [4.78, 5) is 4.82. The Kier molecular flexibility index (Phi) is 6.70. The van der Waals surface area contributed by atoms with E-state index in [4.69, 9.17) is 0 Å². The van der Waals surface area contributed by atoms with Gasteiger partial charge in [0, 0.05) is 38.3 Å². The maximum absolute atomic E-state index is 14.7. The van der Waals surface area contributed by atoms with Crippen molar-refractivity contribution in [2.75, 3.05) is 26.2 Å². The van der Waals surface area contributed by atoms with Gasteiger partial charge in [-0.05, 0) is 35.6 Å². The molecule has 0 amide bonds. The van der Waals surface area contributed by atoms with Crippen LogP contribution in [0.5, 0.6) is 0 Å². The van der Waals surface area contributed by atoms with E-state index in [0.717, 1.165) is 42.9 Å². The van der Waals surface area contributed by atoms with E-state index in [9.17, 15) is 4.39 Å². The highest BCUT2D eigenvalue weighted by atomic mass is 127. The van der Waals surface area contributed by atoms with E-state index in [1.54, 1.807) is 6.07 Å². The number of hydrogen-bond donors (Lipinski definition) is 0. The fourth-order valence-corrected chi connectivity index (χ4v) is 4.01. The van der Waals surface area contributed by atoms with Crippen LogP contribution < -0.4 is 0 Å². The van der Waals surface area contributed by atoms with Gasteiger partial charge in [-0.3, -0.25) is 9.80 Å². The first-order valence-electron chi connectivity index (χ1n) is 9.43. The number of benzene rings is 2. The third-order valence-electron chi connectivity index (χ3n) is 5.24. The molecule has 4 heteroatoms. The van der Waals surface area contributed by atoms with E-state index in [0.29, 0.717) is 16.5 Å². The monoisotopic (exact) mass is 466 g/mol. The predicted molar refractivity (Wildman–Crippen MR) is 116 cm³/mol. The third kappa shape index (κ3) is 4.84. The van der Waals surface area contributed by atoms with Crippen molar-refractivity contribution < 1.29 is 4.39 Å². The summed E-state index contributed by atoms with van der Waals surface area (Å²) in [6.07, 6.45) is 0. The molecular weight excluding hydrogens is 438 g/mol. The number of rotatable bonds is 5. The summed E-state index contributed by atoms with van der Waals surface area (Å²) in [6.45, 7) is 11.4. The summed E-state index contributed by atoms with van der Waals surface area (Å²) in [5, 5.41) is 0. The first-order chi connectivity index (χ1) is 12.4. The summed E-state index contributed by atoms with van der Waals surface area (Å²) >= 11 is 2.46. The minimum atomic E-state index is -0.0952. The molecule has 1 atom stereocenters. The summed E-state index contributed by atoms with van der Waals surface area (Å²) in [5.74, 6) is 0.380. The SMILES string of the molecule is CC(C)c1cccc(-c2ccc(CN3CCN(C(C)I)CC3)c(F)c2)c1. The van der Waals surface area contributed by atoms with Crippen LogP contribution in [-0.4, -0.2) is 40.0 Å². The summed E-state index contributed by atoms with van der Waals surface area (Å²) in [6, 6.07) is 14.1. The lowest BCUT2D eigenvalue weighted by Gasteiger charge is -2.36. The molecule has 1 aliphatic heterocycles. The molecule has 0 bridgehead atoms. The van der Waals surface area contributed by atoms with Gasteiger partial charge in [-0.2, -0.15) is 0 Å². The lowest BCUT2D eigenvalue weighted by atomic mass is 9.97. The molecule has 140 valence electrons. The normalized spacial score (nSPS) is 17.6. The third-order valence-corrected chi connectivity index (χ3v) is 6.03. The minimum Gasteiger partial charge on any atom is -0.296 e. The molecule has 26 heavy (non-hydrogen) atoms. The van der Waals surface area contributed by atoms with Crippen LogP contribution in [0.4, 0.5) is 4.39 Å². The Balaban J connectivity index is 1.69. The van der Waals surface area contributed by atoms with Crippen molar-refractivity contribution in [2.45, 2.75) is 37.3 Å². The molecule has 1 aliphatic rings. The molecule has 2 aromatic carbocycles. The highest BCUT2D eigenvalue weighted by Gasteiger charge is 2.20. The molecule has 3 rings (SSSR count). The van der Waals surface area contributed by atoms with Gasteiger partial charge < -0.3 is 0 Å². The summed E-state index contributed by atoms with van der Waals surface area (Å²) in [7, 11) is 0. The van der Waals surface area contributed by atoms with Gasteiger partial charge in [-0.25, -0.2) is 4.39 Å². The summed E-state index contributed by atoms with van der Waals surface area (Å²) < 4.78 is 15.3. The predicted octanol–water partition coefficient (Wildman–Crippen LogP) is 5.51. The lowest BCUT2D eigenvalue weighted by molar-refractivity contribution is 0.126. The molecule has 0 spiro atoms. The van der Waals surface area contributed by atoms with Crippen molar-refractivity contribution in [2.24, 2.45) is 0 Å². The molecule has 1 fully saturated rings. The Morgan fingerprint density at radius 3 is 2.27 bits per heavy atom. The molecule has 0 radical (unpaired) electrons. The zero-order valence-electron chi connectivity index (χ0n) is 15.9. The van der Waals surface area contributed by atoms with E-state index < -0.39 is 0 Å². The van der Waals surface area contributed by atoms with Crippen LogP contribution in [-0.2, 0) is 6.54 Å². The molecular formula is C22H28FIN2. The maximum Gasteiger partial charge on any atom is 0.128 e. The molecule has 1 saturated heterocycles. The number of halogens is 2. The second-order valence-electron chi connectivity index (χ2n) is 7.47. The van der Waals surface area contributed by atoms with Crippen molar-refractivity contribution in [3.8, 4) is 11.1 Å². The standard InChI is InChI=1S/C22H28FIN2/c1-16(2)18-5-4-6-19(13-18)20-7-8-21(22(23)14-20)15-25-9-11-26(12-10-25)17(3)24/h4-8,13-14,16-17H,9-12,15H2,1-3H3. The maximum atomic E-state index is 14.7. The minimum absolute atomic E-state index is 0.0952. The van der Waals surface area contributed by atoms with Crippen LogP contribution >= 0.6 is 22.6 Å². The Bertz CT molecular complexity index is 737. The van der Waals surface area contributed by atoms with Gasteiger partial charge in [0.05, 0.1) is 4.05 Å². The number of nitrogens with zero attached hydrogens (tertiary/aromatic N) is 2. The second kappa shape index (κ2) is 8.81. The molecule has 1 heterocycles. The van der Waals surface area contributed by atoms with E-state index in [2.05, 4.69) is 83.5 Å². The zero-order chi connectivity index (χ0) is 18.7. The largest absolute Gasteiger partial charge is 0.296 e. The Hall–Kier alpha value is -0.980. The number of alkyl halides is 1. The van der Waals surface area contributed by atoms with E-state index in [1.807, 2.05) is 6.07 Å². The molecule has 0 aliphatic carbocycles. The van der Waals surface area contributed by atoms with Gasteiger partial charge in [0.15, 0.2) is 0 Å². The average molecular weight is 466 g/mol. The first-order valence-corrected chi connectivity index (χ1v) is 10.7. The van der Waals surface area contributed by atoms with Gasteiger partial charge in [-0.1, -0.05) is 72.8 Å². The molecule has 0 N–H and O–H groups in total. The molecule has 0 saturated carbocycles. The van der Waals surface area contributed by atoms with Crippen LogP contribution in [0.25, 0.3) is 11.1 Å². The van der Waals surface area contributed by atoms with Gasteiger partial charge in [-0.15, -0.1) is 0 Å². The van der Waals surface area contributed by atoms with Crippen molar-refractivity contribution in [3.63, 3.8) is 0 Å². The fraction of sp³-hybridized carbons (Fsp3) is 0.455. The van der Waals surface area contributed by atoms with E-state index in [-0.39, 0.29) is 5.82 Å². The highest BCUT2D eigenvalue weighted by molar-refractivity contribution is 14.1. The van der Waals surface area contributed by atoms with Gasteiger partial charge in [0.1, 0.15) is 5.82 Å². The molecule has 0 aromatic heterocycles. The lowest BCUT2D eigenvalue weighted by Crippen LogP contribution is -2.47. The van der Waals surface area contributed by atoms with Gasteiger partial charge >= 0.3 is 0 Å². The van der Waals surface area contributed by atoms with Crippen molar-refractivity contribution >= 4 is 22.6 Å². The second-order valence-corrected chi connectivity index (χ2v) is 9.28. The summed E-state index contributed by atoms with van der Waals surface area (Å²) in [5.41, 5.74) is 4.13. The smallest absolute Gasteiger partial charge is 0.128 e. The molecule has 2 nitrogen and oxygen atoms in total. The van der Waals surface area contributed by atoms with Crippen LogP contribution in [0.2, 0.25) is 0 Å². The Morgan fingerprint density at radius 1 is 0.962 bits per heavy atom.